The zero-order chi connectivity index (χ0) is 13.9. The van der Waals surface area contributed by atoms with Gasteiger partial charge in [-0.3, -0.25) is 4.79 Å². The van der Waals surface area contributed by atoms with E-state index in [1.807, 2.05) is 7.05 Å². The molecule has 3 rings (SSSR count). The van der Waals surface area contributed by atoms with Crippen molar-refractivity contribution in [2.45, 2.75) is 38.0 Å². The van der Waals surface area contributed by atoms with Crippen molar-refractivity contribution in [3.8, 4) is 0 Å². The van der Waals surface area contributed by atoms with Crippen molar-refractivity contribution in [1.29, 1.82) is 0 Å². The molecule has 2 fully saturated rings. The number of hydrogen-bond acceptors (Lipinski definition) is 3. The van der Waals surface area contributed by atoms with E-state index in [1.54, 1.807) is 11.3 Å². The molecule has 2 aliphatic rings. The van der Waals surface area contributed by atoms with Gasteiger partial charge >= 0.3 is 0 Å². The summed E-state index contributed by atoms with van der Waals surface area (Å²) >= 11 is 1.63. The predicted octanol–water partition coefficient (Wildman–Crippen LogP) is 3.51. The number of halogens is 1. The van der Waals surface area contributed by atoms with E-state index in [-0.39, 0.29) is 18.3 Å². The number of hydrogen-bond donors (Lipinski definition) is 1. The third kappa shape index (κ3) is 3.99. The molecule has 0 bridgehead atoms. The van der Waals surface area contributed by atoms with Gasteiger partial charge in [0.05, 0.1) is 4.88 Å². The molecule has 1 saturated carbocycles. The van der Waals surface area contributed by atoms with Gasteiger partial charge in [0, 0.05) is 13.1 Å². The van der Waals surface area contributed by atoms with Crippen molar-refractivity contribution in [3.05, 3.63) is 21.9 Å². The van der Waals surface area contributed by atoms with Crippen LogP contribution in [0.5, 0.6) is 0 Å². The van der Waals surface area contributed by atoms with E-state index in [1.165, 1.54) is 24.8 Å². The number of thiophene rings is 1. The van der Waals surface area contributed by atoms with Crippen molar-refractivity contribution in [2.24, 2.45) is 5.92 Å². The van der Waals surface area contributed by atoms with Gasteiger partial charge in [-0.15, -0.1) is 23.7 Å². The minimum atomic E-state index is 0. The maximum absolute atomic E-state index is 12.7. The fourth-order valence-corrected chi connectivity index (χ4v) is 4.08. The lowest BCUT2D eigenvalue weighted by molar-refractivity contribution is 0.0691. The Morgan fingerprint density at radius 2 is 2.05 bits per heavy atom. The summed E-state index contributed by atoms with van der Waals surface area (Å²) in [6.45, 7) is 2.97. The lowest BCUT2D eigenvalue weighted by Gasteiger charge is -2.32. The molecule has 21 heavy (non-hydrogen) atoms. The molecule has 0 radical (unpaired) electrons. The van der Waals surface area contributed by atoms with Gasteiger partial charge < -0.3 is 10.2 Å². The maximum atomic E-state index is 12.7. The van der Waals surface area contributed by atoms with Gasteiger partial charge in [-0.2, -0.15) is 0 Å². The Labute approximate surface area is 137 Å². The van der Waals surface area contributed by atoms with Crippen LogP contribution in [0.2, 0.25) is 0 Å². The minimum absolute atomic E-state index is 0. The third-order valence-electron chi connectivity index (χ3n) is 4.61. The smallest absolute Gasteiger partial charge is 0.264 e. The second kappa shape index (κ2) is 7.61. The fraction of sp³-hybridized carbons (Fsp3) is 0.688. The number of piperidine rings is 1. The van der Waals surface area contributed by atoms with Crippen LogP contribution in [0.3, 0.4) is 0 Å². The first kappa shape index (κ1) is 16.8. The number of carbonyl (C=O) groups excluding carboxylic acids is 1. The first-order valence-electron chi connectivity index (χ1n) is 7.81. The summed E-state index contributed by atoms with van der Waals surface area (Å²) < 4.78 is 0. The van der Waals surface area contributed by atoms with E-state index in [0.717, 1.165) is 43.3 Å². The number of rotatable bonds is 5. The quantitative estimate of drug-likeness (QED) is 0.897. The molecular weight excluding hydrogens is 304 g/mol. The molecular formula is C16H25ClN2OS. The summed E-state index contributed by atoms with van der Waals surface area (Å²) in [5.74, 6) is 1.75. The zero-order valence-electron chi connectivity index (χ0n) is 12.6. The van der Waals surface area contributed by atoms with Gasteiger partial charge in [0.25, 0.3) is 5.91 Å². The monoisotopic (exact) mass is 328 g/mol. The van der Waals surface area contributed by atoms with Crippen LogP contribution in [0.1, 0.15) is 53.3 Å². The van der Waals surface area contributed by atoms with Crippen LogP contribution in [0.25, 0.3) is 0 Å². The summed E-state index contributed by atoms with van der Waals surface area (Å²) in [5, 5.41) is 5.30. The summed E-state index contributed by atoms with van der Waals surface area (Å²) in [6.07, 6.45) is 6.10. The Morgan fingerprint density at radius 1 is 1.33 bits per heavy atom. The van der Waals surface area contributed by atoms with E-state index in [2.05, 4.69) is 21.7 Å². The molecule has 1 aliphatic heterocycles. The van der Waals surface area contributed by atoms with Crippen molar-refractivity contribution >= 4 is 29.7 Å². The van der Waals surface area contributed by atoms with E-state index in [0.29, 0.717) is 5.92 Å². The molecule has 5 heteroatoms. The lowest BCUT2D eigenvalue weighted by Crippen LogP contribution is -2.38. The standard InChI is InChI=1S/C16H24N2OS.ClH/c1-17-8-4-12-5-9-18(10-6-12)16(19)15-14(7-11-20-15)13-2-3-13;/h7,11-13,17H,2-6,8-10H2,1H3;1H. The van der Waals surface area contributed by atoms with Crippen LogP contribution in [0.4, 0.5) is 0 Å². The topological polar surface area (TPSA) is 32.3 Å². The number of amides is 1. The molecule has 3 nitrogen and oxygen atoms in total. The summed E-state index contributed by atoms with van der Waals surface area (Å²) in [7, 11) is 2.01. The highest BCUT2D eigenvalue weighted by atomic mass is 35.5. The van der Waals surface area contributed by atoms with Gasteiger partial charge in [0.1, 0.15) is 0 Å². The second-order valence-corrected chi connectivity index (χ2v) is 7.02. The Balaban J connectivity index is 0.00000161. The van der Waals surface area contributed by atoms with Crippen molar-refractivity contribution in [1.82, 2.24) is 10.2 Å². The van der Waals surface area contributed by atoms with Crippen LogP contribution < -0.4 is 5.32 Å². The molecule has 2 heterocycles. The van der Waals surface area contributed by atoms with E-state index in [4.69, 9.17) is 0 Å². The van der Waals surface area contributed by atoms with Gasteiger partial charge in [-0.05, 0) is 74.5 Å². The van der Waals surface area contributed by atoms with E-state index >= 15 is 0 Å². The number of carbonyl (C=O) groups is 1. The highest BCUT2D eigenvalue weighted by Gasteiger charge is 2.31. The first-order valence-corrected chi connectivity index (χ1v) is 8.69. The predicted molar refractivity (Wildman–Crippen MR) is 90.7 cm³/mol. The van der Waals surface area contributed by atoms with Crippen LogP contribution in [0.15, 0.2) is 11.4 Å². The molecule has 118 valence electrons. The lowest BCUT2D eigenvalue weighted by atomic mass is 9.93. The first-order chi connectivity index (χ1) is 9.79. The summed E-state index contributed by atoms with van der Waals surface area (Å²) in [4.78, 5) is 15.8. The van der Waals surface area contributed by atoms with Gasteiger partial charge in [0.2, 0.25) is 0 Å². The summed E-state index contributed by atoms with van der Waals surface area (Å²) in [6, 6.07) is 2.16. The van der Waals surface area contributed by atoms with Crippen LogP contribution in [0, 0.1) is 5.92 Å². The Hall–Kier alpha value is -0.580. The number of nitrogens with zero attached hydrogens (tertiary/aromatic N) is 1. The molecule has 1 N–H and O–H groups in total. The molecule has 1 aliphatic carbocycles. The Bertz CT molecular complexity index is 465. The normalized spacial score (nSPS) is 19.4. The zero-order valence-corrected chi connectivity index (χ0v) is 14.3. The van der Waals surface area contributed by atoms with Crippen molar-refractivity contribution in [2.75, 3.05) is 26.7 Å². The van der Waals surface area contributed by atoms with E-state index in [9.17, 15) is 4.79 Å². The third-order valence-corrected chi connectivity index (χ3v) is 5.53. The second-order valence-electron chi connectivity index (χ2n) is 6.11. The largest absolute Gasteiger partial charge is 0.338 e. The molecule has 0 unspecified atom stereocenters. The average Bonchev–Trinajstić information content (AvgIpc) is 3.22. The SMILES string of the molecule is CNCCC1CCN(C(=O)c2sccc2C2CC2)CC1.Cl. The van der Waals surface area contributed by atoms with E-state index < -0.39 is 0 Å². The van der Waals surface area contributed by atoms with Crippen LogP contribution in [-0.4, -0.2) is 37.5 Å². The van der Waals surface area contributed by atoms with Gasteiger partial charge in [0.15, 0.2) is 0 Å². The summed E-state index contributed by atoms with van der Waals surface area (Å²) in [5.41, 5.74) is 1.32. The molecule has 1 aromatic heterocycles. The molecule has 0 atom stereocenters. The Kier molecular flexibility index (Phi) is 6.08. The van der Waals surface area contributed by atoms with Gasteiger partial charge in [-0.1, -0.05) is 0 Å². The van der Waals surface area contributed by atoms with Crippen LogP contribution in [-0.2, 0) is 0 Å². The number of nitrogens with one attached hydrogen (secondary N) is 1. The van der Waals surface area contributed by atoms with Gasteiger partial charge in [-0.25, -0.2) is 0 Å². The maximum Gasteiger partial charge on any atom is 0.264 e. The molecule has 0 aromatic carbocycles. The van der Waals surface area contributed by atoms with Crippen molar-refractivity contribution < 1.29 is 4.79 Å². The minimum Gasteiger partial charge on any atom is -0.338 e. The molecule has 1 saturated heterocycles. The molecule has 0 spiro atoms. The molecule has 1 amide bonds. The van der Waals surface area contributed by atoms with Crippen molar-refractivity contribution in [3.63, 3.8) is 0 Å². The highest BCUT2D eigenvalue weighted by molar-refractivity contribution is 7.12. The fourth-order valence-electron chi connectivity index (χ4n) is 3.13. The Morgan fingerprint density at radius 3 is 2.67 bits per heavy atom. The molecule has 1 aromatic rings. The number of likely N-dealkylation sites (tertiary alicyclic amines) is 1. The highest BCUT2D eigenvalue weighted by Crippen LogP contribution is 2.43. The average molecular weight is 329 g/mol. The van der Waals surface area contributed by atoms with Crippen LogP contribution >= 0.6 is 23.7 Å².